The SMILES string of the molecule is COOSOc1cc(CC2=NCCc3cc(OC)ccc32)ccc1OC. The number of rotatable bonds is 8. The Hall–Kier alpha value is -2.22. The number of methoxy groups -OCH3 is 2. The first kappa shape index (κ1) is 18.6. The largest absolute Gasteiger partial charge is 0.497 e. The maximum atomic E-state index is 5.49. The van der Waals surface area contributed by atoms with Crippen LogP contribution in [0.5, 0.6) is 17.2 Å². The Morgan fingerprint density at radius 1 is 1.00 bits per heavy atom. The third-order valence-electron chi connectivity index (χ3n) is 4.13. The summed E-state index contributed by atoms with van der Waals surface area (Å²) in [6.45, 7) is 0.784. The summed E-state index contributed by atoms with van der Waals surface area (Å²) in [4.78, 5) is 9.24. The van der Waals surface area contributed by atoms with Crippen LogP contribution in [0, 0.1) is 0 Å². The van der Waals surface area contributed by atoms with Crippen molar-refractivity contribution >= 4 is 18.0 Å². The summed E-state index contributed by atoms with van der Waals surface area (Å²) < 4.78 is 20.8. The molecule has 0 amide bonds. The lowest BCUT2D eigenvalue weighted by molar-refractivity contribution is -0.164. The van der Waals surface area contributed by atoms with Crippen molar-refractivity contribution in [2.75, 3.05) is 27.9 Å². The monoisotopic (exact) mass is 375 g/mol. The molecule has 0 fully saturated rings. The number of fused-ring (bicyclic) bond motifs is 1. The predicted molar refractivity (Wildman–Crippen MR) is 101 cm³/mol. The minimum atomic E-state index is 0.568. The van der Waals surface area contributed by atoms with Crippen LogP contribution in [0.3, 0.4) is 0 Å². The highest BCUT2D eigenvalue weighted by atomic mass is 32.2. The van der Waals surface area contributed by atoms with Gasteiger partial charge < -0.3 is 13.7 Å². The van der Waals surface area contributed by atoms with E-state index in [2.05, 4.69) is 17.0 Å². The number of hydrogen-bond donors (Lipinski definition) is 0. The Bertz CT molecular complexity index is 793. The van der Waals surface area contributed by atoms with Crippen LogP contribution in [0.15, 0.2) is 41.4 Å². The van der Waals surface area contributed by atoms with Crippen LogP contribution in [0.25, 0.3) is 0 Å². The van der Waals surface area contributed by atoms with Gasteiger partial charge in [-0.3, -0.25) is 4.99 Å². The molecule has 0 saturated heterocycles. The lowest BCUT2D eigenvalue weighted by Crippen LogP contribution is -2.15. The third-order valence-corrected chi connectivity index (χ3v) is 4.57. The zero-order chi connectivity index (χ0) is 18.4. The molecule has 0 bridgehead atoms. The van der Waals surface area contributed by atoms with Crippen molar-refractivity contribution in [1.82, 2.24) is 0 Å². The molecule has 0 radical (unpaired) electrons. The highest BCUT2D eigenvalue weighted by Gasteiger charge is 2.16. The van der Waals surface area contributed by atoms with Crippen molar-refractivity contribution in [3.63, 3.8) is 0 Å². The number of nitrogens with zero attached hydrogens (tertiary/aromatic N) is 1. The maximum absolute atomic E-state index is 5.49. The fraction of sp³-hybridized carbons (Fsp3) is 0.316. The Kier molecular flexibility index (Phi) is 6.38. The first-order valence-electron chi connectivity index (χ1n) is 8.16. The van der Waals surface area contributed by atoms with Gasteiger partial charge in [0.05, 0.1) is 21.3 Å². The van der Waals surface area contributed by atoms with Gasteiger partial charge in [0.2, 0.25) is 0 Å². The fourth-order valence-electron chi connectivity index (χ4n) is 2.90. The molecule has 3 rings (SSSR count). The van der Waals surface area contributed by atoms with Gasteiger partial charge in [-0.2, -0.15) is 0 Å². The second-order valence-corrected chi connectivity index (χ2v) is 6.09. The highest BCUT2D eigenvalue weighted by Crippen LogP contribution is 2.32. The smallest absolute Gasteiger partial charge is 0.258 e. The van der Waals surface area contributed by atoms with E-state index in [0.29, 0.717) is 17.9 Å². The molecule has 0 aromatic heterocycles. The van der Waals surface area contributed by atoms with Crippen molar-refractivity contribution in [2.45, 2.75) is 12.8 Å². The summed E-state index contributed by atoms with van der Waals surface area (Å²) in [5.41, 5.74) is 4.57. The van der Waals surface area contributed by atoms with E-state index < -0.39 is 0 Å². The summed E-state index contributed by atoms with van der Waals surface area (Å²) in [6, 6.07) is 11.9. The van der Waals surface area contributed by atoms with Gasteiger partial charge in [0.15, 0.2) is 11.5 Å². The van der Waals surface area contributed by atoms with Crippen molar-refractivity contribution in [1.29, 1.82) is 0 Å². The summed E-state index contributed by atoms with van der Waals surface area (Å²) in [6.07, 6.45) is 1.63. The van der Waals surface area contributed by atoms with Crippen molar-refractivity contribution < 1.29 is 22.9 Å². The predicted octanol–water partition coefficient (Wildman–Crippen LogP) is 3.81. The van der Waals surface area contributed by atoms with Crippen LogP contribution in [-0.4, -0.2) is 33.6 Å². The lowest BCUT2D eigenvalue weighted by atomic mass is 9.93. The Balaban J connectivity index is 1.81. The summed E-state index contributed by atoms with van der Waals surface area (Å²) in [7, 11) is 4.69. The third kappa shape index (κ3) is 4.30. The molecule has 0 saturated carbocycles. The second-order valence-electron chi connectivity index (χ2n) is 5.65. The average Bonchev–Trinajstić information content (AvgIpc) is 2.68. The number of hydrogen-bond acceptors (Lipinski definition) is 7. The molecule has 0 spiro atoms. The van der Waals surface area contributed by atoms with Crippen molar-refractivity contribution in [3.8, 4) is 17.2 Å². The topological polar surface area (TPSA) is 58.5 Å². The molecule has 7 heteroatoms. The number of aliphatic imine (C=N–C) groups is 1. The van der Waals surface area contributed by atoms with Crippen LogP contribution in [0.2, 0.25) is 0 Å². The molecule has 2 aromatic carbocycles. The minimum Gasteiger partial charge on any atom is -0.497 e. The minimum absolute atomic E-state index is 0.568. The highest BCUT2D eigenvalue weighted by molar-refractivity contribution is 7.90. The molecule has 138 valence electrons. The molecule has 2 aromatic rings. The van der Waals surface area contributed by atoms with E-state index in [0.717, 1.165) is 42.3 Å². The average molecular weight is 375 g/mol. The van der Waals surface area contributed by atoms with E-state index in [4.69, 9.17) is 23.0 Å². The number of ether oxygens (including phenoxy) is 2. The molecule has 1 aliphatic rings. The second kappa shape index (κ2) is 8.93. The van der Waals surface area contributed by atoms with Crippen molar-refractivity contribution in [2.24, 2.45) is 4.99 Å². The number of benzene rings is 2. The van der Waals surface area contributed by atoms with Crippen LogP contribution in [-0.2, 0) is 22.1 Å². The normalized spacial score (nSPS) is 13.0. The van der Waals surface area contributed by atoms with Gasteiger partial charge in [-0.15, -0.1) is 4.33 Å². The molecule has 1 aliphatic heterocycles. The van der Waals surface area contributed by atoms with E-state index in [1.165, 1.54) is 18.2 Å². The van der Waals surface area contributed by atoms with Gasteiger partial charge in [0.25, 0.3) is 12.3 Å². The van der Waals surface area contributed by atoms with E-state index in [1.54, 1.807) is 14.2 Å². The Labute approximate surface area is 157 Å². The molecule has 0 aliphatic carbocycles. The molecule has 26 heavy (non-hydrogen) atoms. The van der Waals surface area contributed by atoms with E-state index >= 15 is 0 Å². The van der Waals surface area contributed by atoms with Crippen LogP contribution < -0.4 is 13.7 Å². The van der Waals surface area contributed by atoms with E-state index in [1.807, 2.05) is 24.3 Å². The molecule has 0 N–H and O–H groups in total. The quantitative estimate of drug-likeness (QED) is 0.303. The van der Waals surface area contributed by atoms with Gasteiger partial charge >= 0.3 is 0 Å². The van der Waals surface area contributed by atoms with Gasteiger partial charge in [-0.05, 0) is 53.4 Å². The summed E-state index contributed by atoms with van der Waals surface area (Å²) in [5, 5.41) is 0. The zero-order valence-corrected chi connectivity index (χ0v) is 15.8. The first-order chi connectivity index (χ1) is 12.7. The standard InChI is InChI=1S/C19H21NO5S/c1-21-15-5-6-16-14(12-15)8-9-20-17(16)10-13-4-7-18(22-2)19(11-13)24-26-25-23-3/h4-7,11-12H,8-10H2,1-3H3. The Morgan fingerprint density at radius 2 is 1.88 bits per heavy atom. The van der Waals surface area contributed by atoms with Crippen LogP contribution >= 0.6 is 12.3 Å². The molecule has 6 nitrogen and oxygen atoms in total. The molecule has 0 atom stereocenters. The van der Waals surface area contributed by atoms with Gasteiger partial charge in [-0.25, -0.2) is 4.89 Å². The van der Waals surface area contributed by atoms with E-state index in [-0.39, 0.29) is 0 Å². The molecule has 0 unspecified atom stereocenters. The fourth-order valence-corrected chi connectivity index (χ4v) is 3.19. The maximum Gasteiger partial charge on any atom is 0.258 e. The van der Waals surface area contributed by atoms with Crippen LogP contribution in [0.1, 0.15) is 16.7 Å². The van der Waals surface area contributed by atoms with Gasteiger partial charge in [-0.1, -0.05) is 6.07 Å². The molecular weight excluding hydrogens is 354 g/mol. The summed E-state index contributed by atoms with van der Waals surface area (Å²) in [5.74, 6) is 2.07. The summed E-state index contributed by atoms with van der Waals surface area (Å²) >= 11 is 0.737. The first-order valence-corrected chi connectivity index (χ1v) is 8.83. The van der Waals surface area contributed by atoms with Gasteiger partial charge in [0, 0.05) is 18.7 Å². The van der Waals surface area contributed by atoms with Crippen molar-refractivity contribution in [3.05, 3.63) is 53.1 Å². The lowest BCUT2D eigenvalue weighted by Gasteiger charge is -2.18. The van der Waals surface area contributed by atoms with Crippen LogP contribution in [0.4, 0.5) is 0 Å². The van der Waals surface area contributed by atoms with E-state index in [9.17, 15) is 0 Å². The zero-order valence-electron chi connectivity index (χ0n) is 15.0. The molecule has 1 heterocycles. The Morgan fingerprint density at radius 3 is 2.65 bits per heavy atom. The molecular formula is C19H21NO5S. The van der Waals surface area contributed by atoms with Gasteiger partial charge in [0.1, 0.15) is 5.75 Å².